The van der Waals surface area contributed by atoms with Crippen LogP contribution in [-0.4, -0.2) is 23.0 Å². The Morgan fingerprint density at radius 3 is 0.562 bits per heavy atom. The van der Waals surface area contributed by atoms with Crippen molar-refractivity contribution in [2.75, 3.05) is 23.0 Å². The minimum atomic E-state index is 1.26. The lowest BCUT2D eigenvalue weighted by Gasteiger charge is -2.04. The summed E-state index contributed by atoms with van der Waals surface area (Å²) < 4.78 is 0. The molecule has 0 nitrogen and oxygen atoms in total. The number of hydrogen-bond donors (Lipinski definition) is 0. The summed E-state index contributed by atoms with van der Waals surface area (Å²) in [6.45, 7) is 0. The zero-order valence-corrected chi connectivity index (χ0v) is 32.6. The van der Waals surface area contributed by atoms with Crippen molar-refractivity contribution >= 4 is 47.0 Å². The van der Waals surface area contributed by atoms with Crippen LogP contribution in [0.2, 0.25) is 0 Å². The number of rotatable bonds is 26. The summed E-state index contributed by atoms with van der Waals surface area (Å²) in [7, 11) is 0. The van der Waals surface area contributed by atoms with Gasteiger partial charge < -0.3 is 0 Å². The highest BCUT2D eigenvalue weighted by Gasteiger charge is 1.98. The van der Waals surface area contributed by atoms with Gasteiger partial charge in [-0.2, -0.15) is 0 Å². The normalized spacial score (nSPS) is 10.8. The molecule has 4 aromatic carbocycles. The predicted octanol–water partition coefficient (Wildman–Crippen LogP) is 15.4. The Labute approximate surface area is 311 Å². The number of benzene rings is 4. The first-order valence-electron chi connectivity index (χ1n) is 18.6. The van der Waals surface area contributed by atoms with Crippen molar-refractivity contribution in [1.82, 2.24) is 0 Å². The highest BCUT2D eigenvalue weighted by molar-refractivity contribution is 8.00. The van der Waals surface area contributed by atoms with Crippen molar-refractivity contribution in [3.05, 3.63) is 121 Å². The third-order valence-corrected chi connectivity index (χ3v) is 12.5. The van der Waals surface area contributed by atoms with Gasteiger partial charge in [0.2, 0.25) is 0 Å². The minimum Gasteiger partial charge on any atom is -0.126 e. The number of unbranched alkanes of at least 4 members (excludes halogenated alkanes) is 14. The molecule has 4 heteroatoms. The zero-order valence-electron chi connectivity index (χ0n) is 29.3. The summed E-state index contributed by atoms with van der Waals surface area (Å²) in [5.74, 6) is 5.06. The Balaban J connectivity index is 0.000000260. The van der Waals surface area contributed by atoms with E-state index < -0.39 is 0 Å². The first-order chi connectivity index (χ1) is 23.9. The van der Waals surface area contributed by atoms with E-state index >= 15 is 0 Å². The lowest BCUT2D eigenvalue weighted by Crippen LogP contribution is -1.85. The molecule has 4 aromatic rings. The smallest absolute Gasteiger partial charge is 0.00719 e. The van der Waals surface area contributed by atoms with E-state index in [2.05, 4.69) is 121 Å². The van der Waals surface area contributed by atoms with Crippen LogP contribution in [0, 0.1) is 0 Å². The molecule has 0 N–H and O–H groups in total. The van der Waals surface area contributed by atoms with Gasteiger partial charge in [0, 0.05) is 19.6 Å². The molecule has 0 aliphatic carbocycles. The summed E-state index contributed by atoms with van der Waals surface area (Å²) >= 11 is 7.97. The van der Waals surface area contributed by atoms with Crippen molar-refractivity contribution in [1.29, 1.82) is 0 Å². The molecule has 0 aromatic heterocycles. The van der Waals surface area contributed by atoms with E-state index in [0.717, 1.165) is 0 Å². The van der Waals surface area contributed by atoms with Gasteiger partial charge in [-0.05, 0) is 97.2 Å². The van der Waals surface area contributed by atoms with Gasteiger partial charge >= 0.3 is 0 Å². The SMILES string of the molecule is c1ccc(SCCCCCCCCCCSc2ccccc2)cc1.c1ccc(SCCCCCCCCCCSc2ccccc2)cc1. The number of hydrogen-bond acceptors (Lipinski definition) is 4. The quantitative estimate of drug-likeness (QED) is 0.0468. The minimum absolute atomic E-state index is 1.26. The average Bonchev–Trinajstić information content (AvgIpc) is 3.14. The molecule has 0 aliphatic heterocycles. The van der Waals surface area contributed by atoms with Gasteiger partial charge in [-0.3, -0.25) is 0 Å². The van der Waals surface area contributed by atoms with Crippen molar-refractivity contribution in [3.63, 3.8) is 0 Å². The van der Waals surface area contributed by atoms with Crippen LogP contribution >= 0.6 is 47.0 Å². The van der Waals surface area contributed by atoms with E-state index in [0.29, 0.717) is 0 Å². The van der Waals surface area contributed by atoms with Crippen LogP contribution in [0.3, 0.4) is 0 Å². The summed E-state index contributed by atoms with van der Waals surface area (Å²) in [6, 6.07) is 43.0. The van der Waals surface area contributed by atoms with Crippen LogP contribution < -0.4 is 0 Å². The molecule has 0 saturated heterocycles. The van der Waals surface area contributed by atoms with E-state index in [-0.39, 0.29) is 0 Å². The summed E-state index contributed by atoms with van der Waals surface area (Å²) in [5.41, 5.74) is 0. The molecule has 0 saturated carbocycles. The topological polar surface area (TPSA) is 0 Å². The van der Waals surface area contributed by atoms with Crippen molar-refractivity contribution < 1.29 is 0 Å². The molecule has 0 atom stereocenters. The Kier molecular flexibility index (Phi) is 25.6. The first kappa shape index (κ1) is 40.7. The fourth-order valence-corrected chi connectivity index (χ4v) is 9.09. The van der Waals surface area contributed by atoms with Crippen LogP contribution in [-0.2, 0) is 0 Å². The molecule has 0 fully saturated rings. The molecular weight excluding hydrogens is 657 g/mol. The summed E-state index contributed by atoms with van der Waals surface area (Å²) in [4.78, 5) is 5.63. The molecule has 0 aliphatic rings. The fraction of sp³-hybridized carbons (Fsp3) is 0.455. The molecule has 0 heterocycles. The van der Waals surface area contributed by atoms with Crippen molar-refractivity contribution in [2.24, 2.45) is 0 Å². The van der Waals surface area contributed by atoms with Crippen molar-refractivity contribution in [3.8, 4) is 0 Å². The summed E-state index contributed by atoms with van der Waals surface area (Å²) in [5, 5.41) is 0. The summed E-state index contributed by atoms with van der Waals surface area (Å²) in [6.07, 6.45) is 22.3. The second-order valence-corrected chi connectivity index (χ2v) is 17.0. The van der Waals surface area contributed by atoms with E-state index in [1.807, 2.05) is 47.0 Å². The maximum Gasteiger partial charge on any atom is 0.00719 e. The molecular formula is C44H60S4. The van der Waals surface area contributed by atoms with Gasteiger partial charge in [-0.15, -0.1) is 47.0 Å². The van der Waals surface area contributed by atoms with Crippen molar-refractivity contribution in [2.45, 2.75) is 122 Å². The van der Waals surface area contributed by atoms with Gasteiger partial charge in [-0.1, -0.05) is 150 Å². The van der Waals surface area contributed by atoms with Crippen LogP contribution in [0.1, 0.15) is 103 Å². The van der Waals surface area contributed by atoms with Crippen LogP contribution in [0.25, 0.3) is 0 Å². The first-order valence-corrected chi connectivity index (χ1v) is 22.6. The van der Waals surface area contributed by atoms with Crippen LogP contribution in [0.15, 0.2) is 141 Å². The Morgan fingerprint density at radius 1 is 0.208 bits per heavy atom. The van der Waals surface area contributed by atoms with E-state index in [9.17, 15) is 0 Å². The largest absolute Gasteiger partial charge is 0.126 e. The van der Waals surface area contributed by atoms with Gasteiger partial charge in [0.25, 0.3) is 0 Å². The molecule has 0 bridgehead atoms. The second-order valence-electron chi connectivity index (χ2n) is 12.3. The Hall–Kier alpha value is -1.72. The highest BCUT2D eigenvalue weighted by Crippen LogP contribution is 2.23. The standard InChI is InChI=1S/2C22H30S2/c2*1(3-5-13-19-23-21-15-9-7-10-16-21)2-4-6-14-20-24-22-17-11-8-12-18-22/h2*7-12,15-18H,1-6,13-14,19-20H2. The van der Waals surface area contributed by atoms with Gasteiger partial charge in [-0.25, -0.2) is 0 Å². The fourth-order valence-electron chi connectivity index (χ4n) is 5.36. The molecule has 0 spiro atoms. The monoisotopic (exact) mass is 716 g/mol. The molecule has 0 amide bonds. The zero-order chi connectivity index (χ0) is 33.4. The molecule has 0 radical (unpaired) electrons. The average molecular weight is 717 g/mol. The van der Waals surface area contributed by atoms with Crippen LogP contribution in [0.4, 0.5) is 0 Å². The van der Waals surface area contributed by atoms with Gasteiger partial charge in [0.15, 0.2) is 0 Å². The lowest BCUT2D eigenvalue weighted by atomic mass is 10.1. The third-order valence-electron chi connectivity index (χ3n) is 8.13. The van der Waals surface area contributed by atoms with Gasteiger partial charge in [0.1, 0.15) is 0 Å². The molecule has 260 valence electrons. The third kappa shape index (κ3) is 22.8. The molecule has 48 heavy (non-hydrogen) atoms. The Morgan fingerprint density at radius 2 is 0.375 bits per heavy atom. The van der Waals surface area contributed by atoms with E-state index in [1.54, 1.807) is 0 Å². The van der Waals surface area contributed by atoms with E-state index in [1.165, 1.54) is 145 Å². The number of thioether (sulfide) groups is 4. The molecule has 4 rings (SSSR count). The molecule has 0 unspecified atom stereocenters. The second kappa shape index (κ2) is 30.1. The highest BCUT2D eigenvalue weighted by atomic mass is 32.2. The maximum absolute atomic E-state index is 2.21. The van der Waals surface area contributed by atoms with Crippen LogP contribution in [0.5, 0.6) is 0 Å². The predicted molar refractivity (Wildman–Crippen MR) is 223 cm³/mol. The lowest BCUT2D eigenvalue weighted by molar-refractivity contribution is 0.587. The van der Waals surface area contributed by atoms with Gasteiger partial charge in [0.05, 0.1) is 0 Å². The van der Waals surface area contributed by atoms with E-state index in [4.69, 9.17) is 0 Å². The Bertz CT molecular complexity index is 1020. The maximum atomic E-state index is 2.21.